The minimum atomic E-state index is -0.382. The van der Waals surface area contributed by atoms with E-state index in [-0.39, 0.29) is 5.97 Å². The molecule has 0 aliphatic rings. The number of carbonyl (C=O) groups excluding carboxylic acids is 1. The summed E-state index contributed by atoms with van der Waals surface area (Å²) >= 11 is 0. The van der Waals surface area contributed by atoms with E-state index in [0.29, 0.717) is 18.0 Å². The Bertz CT molecular complexity index is 348. The summed E-state index contributed by atoms with van der Waals surface area (Å²) in [6.45, 7) is 4.24. The number of nitrogens with one attached hydrogen (secondary N) is 1. The van der Waals surface area contributed by atoms with Crippen molar-refractivity contribution >= 4 is 5.97 Å². The van der Waals surface area contributed by atoms with Crippen LogP contribution >= 0.6 is 0 Å². The van der Waals surface area contributed by atoms with Gasteiger partial charge >= 0.3 is 5.97 Å². The van der Waals surface area contributed by atoms with E-state index < -0.39 is 0 Å². The summed E-state index contributed by atoms with van der Waals surface area (Å²) < 4.78 is 14.9. The second-order valence-electron chi connectivity index (χ2n) is 3.98. The maximum absolute atomic E-state index is 11.2. The van der Waals surface area contributed by atoms with E-state index >= 15 is 0 Å². The van der Waals surface area contributed by atoms with Crippen molar-refractivity contribution in [3.05, 3.63) is 23.7 Å². The Morgan fingerprint density at radius 3 is 2.94 bits per heavy atom. The Hall–Kier alpha value is -1.33. The van der Waals surface area contributed by atoms with Crippen molar-refractivity contribution in [1.82, 2.24) is 5.32 Å². The van der Waals surface area contributed by atoms with E-state index in [1.807, 2.05) is 0 Å². The first-order chi connectivity index (χ1) is 8.17. The van der Waals surface area contributed by atoms with Crippen molar-refractivity contribution < 1.29 is 18.7 Å². The molecule has 1 atom stereocenters. The molecule has 0 fully saturated rings. The molecule has 0 spiro atoms. The topological polar surface area (TPSA) is 60.7 Å². The molecular weight excluding hydrogens is 222 g/mol. The molecule has 1 N–H and O–H groups in total. The Kier molecular flexibility index (Phi) is 5.72. The van der Waals surface area contributed by atoms with Crippen LogP contribution < -0.4 is 5.32 Å². The van der Waals surface area contributed by atoms with Gasteiger partial charge in [-0.15, -0.1) is 0 Å². The number of ether oxygens (including phenoxy) is 2. The Morgan fingerprint density at radius 2 is 2.29 bits per heavy atom. The lowest BCUT2D eigenvalue weighted by atomic mass is 10.2. The average molecular weight is 241 g/mol. The SMILES string of the molecule is COCC(C)CNCc1cc(C(=O)OC)co1. The van der Waals surface area contributed by atoms with E-state index in [1.165, 1.54) is 13.4 Å². The Labute approximate surface area is 101 Å². The minimum absolute atomic E-state index is 0.382. The van der Waals surface area contributed by atoms with E-state index in [0.717, 1.165) is 18.9 Å². The minimum Gasteiger partial charge on any atom is -0.467 e. The predicted octanol–water partition coefficient (Wildman–Crippen LogP) is 1.44. The van der Waals surface area contributed by atoms with Crippen LogP contribution in [0.2, 0.25) is 0 Å². The summed E-state index contributed by atoms with van der Waals surface area (Å²) in [6.07, 6.45) is 1.40. The summed E-state index contributed by atoms with van der Waals surface area (Å²) in [7, 11) is 3.03. The van der Waals surface area contributed by atoms with Crippen molar-refractivity contribution in [3.8, 4) is 0 Å². The fourth-order valence-electron chi connectivity index (χ4n) is 1.48. The zero-order valence-electron chi connectivity index (χ0n) is 10.5. The number of methoxy groups -OCH3 is 2. The zero-order chi connectivity index (χ0) is 12.7. The first-order valence-electron chi connectivity index (χ1n) is 5.52. The van der Waals surface area contributed by atoms with Gasteiger partial charge in [0.05, 0.1) is 19.2 Å². The van der Waals surface area contributed by atoms with E-state index in [9.17, 15) is 4.79 Å². The molecule has 0 amide bonds. The monoisotopic (exact) mass is 241 g/mol. The van der Waals surface area contributed by atoms with Crippen LogP contribution in [0.15, 0.2) is 16.7 Å². The third kappa shape index (κ3) is 4.58. The van der Waals surface area contributed by atoms with E-state index in [4.69, 9.17) is 9.15 Å². The second-order valence-corrected chi connectivity index (χ2v) is 3.98. The predicted molar refractivity (Wildman–Crippen MR) is 62.8 cm³/mol. The highest BCUT2D eigenvalue weighted by molar-refractivity contribution is 5.88. The molecule has 0 saturated carbocycles. The third-order valence-electron chi connectivity index (χ3n) is 2.32. The number of carbonyl (C=O) groups is 1. The zero-order valence-corrected chi connectivity index (χ0v) is 10.5. The van der Waals surface area contributed by atoms with E-state index in [1.54, 1.807) is 13.2 Å². The first kappa shape index (κ1) is 13.7. The van der Waals surface area contributed by atoms with Crippen LogP contribution in [0.3, 0.4) is 0 Å². The van der Waals surface area contributed by atoms with Gasteiger partial charge in [-0.1, -0.05) is 6.92 Å². The maximum Gasteiger partial charge on any atom is 0.341 e. The largest absolute Gasteiger partial charge is 0.467 e. The normalized spacial score (nSPS) is 12.4. The van der Waals surface area contributed by atoms with Crippen LogP contribution in [0.5, 0.6) is 0 Å². The molecule has 5 nitrogen and oxygen atoms in total. The second kappa shape index (κ2) is 7.09. The summed E-state index contributed by atoms with van der Waals surface area (Å²) in [4.78, 5) is 11.2. The number of furan rings is 1. The van der Waals surface area contributed by atoms with Gasteiger partial charge in [-0.2, -0.15) is 0 Å². The molecule has 0 aliphatic heterocycles. The van der Waals surface area contributed by atoms with Gasteiger partial charge in [0.15, 0.2) is 0 Å². The molecule has 1 heterocycles. The molecule has 5 heteroatoms. The molecule has 17 heavy (non-hydrogen) atoms. The third-order valence-corrected chi connectivity index (χ3v) is 2.32. The highest BCUT2D eigenvalue weighted by Crippen LogP contribution is 2.08. The van der Waals surface area contributed by atoms with Gasteiger partial charge < -0.3 is 19.2 Å². The standard InChI is InChI=1S/C12H19NO4/c1-9(7-15-2)5-13-6-11-4-10(8-17-11)12(14)16-3/h4,8-9,13H,5-7H2,1-3H3. The fraction of sp³-hybridized carbons (Fsp3) is 0.583. The van der Waals surface area contributed by atoms with Crippen LogP contribution in [-0.4, -0.2) is 33.3 Å². The summed E-state index contributed by atoms with van der Waals surface area (Å²) in [6, 6.07) is 1.68. The van der Waals surface area contributed by atoms with Crippen LogP contribution in [0.25, 0.3) is 0 Å². The Morgan fingerprint density at radius 1 is 1.53 bits per heavy atom. The molecule has 0 aromatic carbocycles. The molecule has 0 radical (unpaired) electrons. The van der Waals surface area contributed by atoms with Crippen molar-refractivity contribution in [2.75, 3.05) is 27.4 Å². The van der Waals surface area contributed by atoms with Gasteiger partial charge in [0.25, 0.3) is 0 Å². The van der Waals surface area contributed by atoms with Crippen LogP contribution in [0.1, 0.15) is 23.0 Å². The molecule has 1 aromatic heterocycles. The number of rotatable bonds is 7. The molecular formula is C12H19NO4. The lowest BCUT2D eigenvalue weighted by molar-refractivity contribution is 0.0600. The van der Waals surface area contributed by atoms with Crippen LogP contribution in [0.4, 0.5) is 0 Å². The molecule has 0 aliphatic carbocycles. The number of esters is 1. The van der Waals surface area contributed by atoms with Crippen molar-refractivity contribution in [1.29, 1.82) is 0 Å². The number of hydrogen-bond donors (Lipinski definition) is 1. The van der Waals surface area contributed by atoms with Crippen molar-refractivity contribution in [3.63, 3.8) is 0 Å². The fourth-order valence-corrected chi connectivity index (χ4v) is 1.48. The van der Waals surface area contributed by atoms with Gasteiger partial charge in [-0.3, -0.25) is 0 Å². The van der Waals surface area contributed by atoms with Gasteiger partial charge in [0, 0.05) is 20.3 Å². The summed E-state index contributed by atoms with van der Waals surface area (Å²) in [5.41, 5.74) is 0.439. The molecule has 0 saturated heterocycles. The molecule has 1 unspecified atom stereocenters. The van der Waals surface area contributed by atoms with Crippen LogP contribution in [-0.2, 0) is 16.0 Å². The van der Waals surface area contributed by atoms with Crippen molar-refractivity contribution in [2.45, 2.75) is 13.5 Å². The molecule has 96 valence electrons. The smallest absolute Gasteiger partial charge is 0.341 e. The lowest BCUT2D eigenvalue weighted by Crippen LogP contribution is -2.23. The average Bonchev–Trinajstić information content (AvgIpc) is 2.77. The Balaban J connectivity index is 2.32. The molecule has 0 bridgehead atoms. The summed E-state index contributed by atoms with van der Waals surface area (Å²) in [5, 5.41) is 3.23. The van der Waals surface area contributed by atoms with Gasteiger partial charge in [-0.05, 0) is 12.0 Å². The quantitative estimate of drug-likeness (QED) is 0.732. The van der Waals surface area contributed by atoms with Crippen LogP contribution in [0, 0.1) is 5.92 Å². The maximum atomic E-state index is 11.2. The van der Waals surface area contributed by atoms with Gasteiger partial charge in [-0.25, -0.2) is 4.79 Å². The molecule has 1 aromatic rings. The van der Waals surface area contributed by atoms with Gasteiger partial charge in [0.2, 0.25) is 0 Å². The molecule has 1 rings (SSSR count). The lowest BCUT2D eigenvalue weighted by Gasteiger charge is -2.10. The summed E-state index contributed by atoms with van der Waals surface area (Å²) in [5.74, 6) is 0.776. The first-order valence-corrected chi connectivity index (χ1v) is 5.52. The van der Waals surface area contributed by atoms with Crippen molar-refractivity contribution in [2.24, 2.45) is 5.92 Å². The highest BCUT2D eigenvalue weighted by atomic mass is 16.5. The number of hydrogen-bond acceptors (Lipinski definition) is 5. The van der Waals surface area contributed by atoms with Gasteiger partial charge in [0.1, 0.15) is 12.0 Å². The highest BCUT2D eigenvalue weighted by Gasteiger charge is 2.10. The van der Waals surface area contributed by atoms with E-state index in [2.05, 4.69) is 17.0 Å².